The lowest BCUT2D eigenvalue weighted by Crippen LogP contribution is -2.14. The Kier molecular flexibility index (Phi) is 4.17. The molecular weight excluding hydrogens is 451 g/mol. The molecule has 136 valence electrons. The fraction of sp³-hybridized carbons (Fsp3) is 0.111. The van der Waals surface area contributed by atoms with E-state index in [1.54, 1.807) is 0 Å². The minimum absolute atomic E-state index is 0.0447. The van der Waals surface area contributed by atoms with Gasteiger partial charge in [-0.1, -0.05) is 92.7 Å². The van der Waals surface area contributed by atoms with Crippen LogP contribution in [0.15, 0.2) is 91.0 Å². The smallest absolute Gasteiger partial charge is 0.0159 e. The third kappa shape index (κ3) is 2.72. The number of fused-ring (bicyclic) bond motifs is 3. The standard InChI is InChI=1S/C27H21I/c1-27(2)24-8-4-3-6-23(24)26-22(7-5-9-25(26)27)20-12-10-18(11-13-20)19-14-16-21(28)17-15-19/h3-17H,1-2H3. The first kappa shape index (κ1) is 17.7. The molecule has 1 aliphatic carbocycles. The molecule has 5 rings (SSSR count). The van der Waals surface area contributed by atoms with Crippen LogP contribution in [0.1, 0.15) is 25.0 Å². The molecule has 0 N–H and O–H groups in total. The Bertz CT molecular complexity index is 1170. The molecule has 28 heavy (non-hydrogen) atoms. The van der Waals surface area contributed by atoms with Crippen molar-refractivity contribution in [1.29, 1.82) is 0 Å². The fourth-order valence-electron chi connectivity index (χ4n) is 4.48. The molecule has 0 aliphatic heterocycles. The van der Waals surface area contributed by atoms with Gasteiger partial charge in [0.25, 0.3) is 0 Å². The van der Waals surface area contributed by atoms with Crippen LogP contribution in [0.2, 0.25) is 0 Å². The zero-order valence-electron chi connectivity index (χ0n) is 16.0. The van der Waals surface area contributed by atoms with Crippen molar-refractivity contribution in [3.05, 3.63) is 106 Å². The second-order valence-corrected chi connectivity index (χ2v) is 9.23. The predicted octanol–water partition coefficient (Wildman–Crippen LogP) is 7.93. The van der Waals surface area contributed by atoms with E-state index in [4.69, 9.17) is 0 Å². The summed E-state index contributed by atoms with van der Waals surface area (Å²) in [7, 11) is 0. The van der Waals surface area contributed by atoms with Crippen molar-refractivity contribution in [2.24, 2.45) is 0 Å². The molecule has 0 saturated carbocycles. The second-order valence-electron chi connectivity index (χ2n) is 7.98. The van der Waals surface area contributed by atoms with E-state index < -0.39 is 0 Å². The highest BCUT2D eigenvalue weighted by atomic mass is 127. The van der Waals surface area contributed by atoms with Crippen LogP contribution in [0.25, 0.3) is 33.4 Å². The van der Waals surface area contributed by atoms with Crippen molar-refractivity contribution in [2.75, 3.05) is 0 Å². The van der Waals surface area contributed by atoms with Crippen LogP contribution >= 0.6 is 22.6 Å². The molecule has 0 fully saturated rings. The van der Waals surface area contributed by atoms with Crippen LogP contribution in [0, 0.1) is 3.57 Å². The Morgan fingerprint density at radius 3 is 1.79 bits per heavy atom. The molecule has 4 aromatic carbocycles. The molecule has 0 saturated heterocycles. The van der Waals surface area contributed by atoms with Gasteiger partial charge in [0.05, 0.1) is 0 Å². The molecule has 0 heterocycles. The molecule has 1 heteroatoms. The van der Waals surface area contributed by atoms with Gasteiger partial charge in [0, 0.05) is 8.99 Å². The van der Waals surface area contributed by atoms with Crippen LogP contribution in [0.4, 0.5) is 0 Å². The van der Waals surface area contributed by atoms with Crippen LogP contribution in [-0.2, 0) is 5.41 Å². The van der Waals surface area contributed by atoms with Gasteiger partial charge in [0.2, 0.25) is 0 Å². The highest BCUT2D eigenvalue weighted by Crippen LogP contribution is 2.51. The van der Waals surface area contributed by atoms with E-state index in [1.807, 2.05) is 0 Å². The number of hydrogen-bond acceptors (Lipinski definition) is 0. The van der Waals surface area contributed by atoms with E-state index in [-0.39, 0.29) is 5.41 Å². The first-order valence-corrected chi connectivity index (χ1v) is 10.7. The van der Waals surface area contributed by atoms with Crippen molar-refractivity contribution in [2.45, 2.75) is 19.3 Å². The molecule has 0 bridgehead atoms. The predicted molar refractivity (Wildman–Crippen MR) is 128 cm³/mol. The minimum Gasteiger partial charge on any atom is -0.0619 e. The molecule has 0 aromatic heterocycles. The van der Waals surface area contributed by atoms with Gasteiger partial charge in [0.15, 0.2) is 0 Å². The zero-order valence-corrected chi connectivity index (χ0v) is 18.2. The molecule has 1 aliphatic rings. The average Bonchev–Trinajstić information content (AvgIpc) is 2.97. The summed E-state index contributed by atoms with van der Waals surface area (Å²) in [6.07, 6.45) is 0. The Balaban J connectivity index is 1.63. The summed E-state index contributed by atoms with van der Waals surface area (Å²) in [6, 6.07) is 33.3. The monoisotopic (exact) mass is 472 g/mol. The fourth-order valence-corrected chi connectivity index (χ4v) is 4.84. The minimum atomic E-state index is 0.0447. The van der Waals surface area contributed by atoms with E-state index in [0.717, 1.165) is 0 Å². The maximum Gasteiger partial charge on any atom is 0.0159 e. The summed E-state index contributed by atoms with van der Waals surface area (Å²) >= 11 is 2.35. The highest BCUT2D eigenvalue weighted by Gasteiger charge is 2.36. The van der Waals surface area contributed by atoms with Gasteiger partial charge < -0.3 is 0 Å². The van der Waals surface area contributed by atoms with Gasteiger partial charge in [-0.25, -0.2) is 0 Å². The van der Waals surface area contributed by atoms with Crippen molar-refractivity contribution < 1.29 is 0 Å². The zero-order chi connectivity index (χ0) is 19.3. The lowest BCUT2D eigenvalue weighted by Gasteiger charge is -2.21. The summed E-state index contributed by atoms with van der Waals surface area (Å²) in [5.41, 5.74) is 10.8. The van der Waals surface area contributed by atoms with Gasteiger partial charge in [-0.3, -0.25) is 0 Å². The van der Waals surface area contributed by atoms with Crippen LogP contribution < -0.4 is 0 Å². The van der Waals surface area contributed by atoms with Crippen LogP contribution in [0.3, 0.4) is 0 Å². The summed E-state index contributed by atoms with van der Waals surface area (Å²) in [5, 5.41) is 0. The third-order valence-corrected chi connectivity index (χ3v) is 6.70. The van der Waals surface area contributed by atoms with Crippen molar-refractivity contribution in [1.82, 2.24) is 0 Å². The van der Waals surface area contributed by atoms with E-state index >= 15 is 0 Å². The number of hydrogen-bond donors (Lipinski definition) is 0. The molecule has 0 nitrogen and oxygen atoms in total. The van der Waals surface area contributed by atoms with E-state index in [2.05, 4.69) is 127 Å². The number of rotatable bonds is 2. The highest BCUT2D eigenvalue weighted by molar-refractivity contribution is 14.1. The Hall–Kier alpha value is -2.39. The van der Waals surface area contributed by atoms with Gasteiger partial charge in [-0.15, -0.1) is 0 Å². The molecular formula is C27H21I. The molecule has 0 atom stereocenters. The quantitative estimate of drug-likeness (QED) is 0.260. The molecule has 4 aromatic rings. The Morgan fingerprint density at radius 2 is 1.07 bits per heavy atom. The first-order valence-electron chi connectivity index (χ1n) is 9.65. The van der Waals surface area contributed by atoms with Gasteiger partial charge in [0.1, 0.15) is 0 Å². The van der Waals surface area contributed by atoms with Crippen LogP contribution in [0.5, 0.6) is 0 Å². The number of halogens is 1. The topological polar surface area (TPSA) is 0 Å². The van der Waals surface area contributed by atoms with Crippen molar-refractivity contribution in [3.8, 4) is 33.4 Å². The van der Waals surface area contributed by atoms with Crippen LogP contribution in [-0.4, -0.2) is 0 Å². The van der Waals surface area contributed by atoms with E-state index in [0.29, 0.717) is 0 Å². The normalized spacial score (nSPS) is 13.8. The maximum atomic E-state index is 2.35. The van der Waals surface area contributed by atoms with Gasteiger partial charge >= 0.3 is 0 Å². The number of benzene rings is 4. The molecule has 0 radical (unpaired) electrons. The Labute approximate surface area is 180 Å². The van der Waals surface area contributed by atoms with E-state index in [1.165, 1.54) is 48.1 Å². The molecule has 0 unspecified atom stereocenters. The first-order chi connectivity index (χ1) is 13.6. The van der Waals surface area contributed by atoms with Crippen molar-refractivity contribution in [3.63, 3.8) is 0 Å². The van der Waals surface area contributed by atoms with Crippen molar-refractivity contribution >= 4 is 22.6 Å². The van der Waals surface area contributed by atoms with E-state index in [9.17, 15) is 0 Å². The SMILES string of the molecule is CC1(C)c2ccccc2-c2c(-c3ccc(-c4ccc(I)cc4)cc3)cccc21. The second kappa shape index (κ2) is 6.59. The largest absolute Gasteiger partial charge is 0.0619 e. The maximum absolute atomic E-state index is 2.35. The van der Waals surface area contributed by atoms with Gasteiger partial charge in [-0.05, 0) is 79.2 Å². The lowest BCUT2D eigenvalue weighted by molar-refractivity contribution is 0.660. The summed E-state index contributed by atoms with van der Waals surface area (Å²) < 4.78 is 1.26. The molecule has 0 amide bonds. The third-order valence-electron chi connectivity index (χ3n) is 5.98. The lowest BCUT2D eigenvalue weighted by atomic mass is 9.82. The molecule has 0 spiro atoms. The summed E-state index contributed by atoms with van der Waals surface area (Å²) in [6.45, 7) is 4.67. The summed E-state index contributed by atoms with van der Waals surface area (Å²) in [5.74, 6) is 0. The van der Waals surface area contributed by atoms with Gasteiger partial charge in [-0.2, -0.15) is 0 Å². The Morgan fingerprint density at radius 1 is 0.536 bits per heavy atom. The summed E-state index contributed by atoms with van der Waals surface area (Å²) in [4.78, 5) is 0. The average molecular weight is 472 g/mol.